The van der Waals surface area contributed by atoms with Gasteiger partial charge in [0, 0.05) is 28.8 Å². The Hall–Kier alpha value is -3.20. The van der Waals surface area contributed by atoms with E-state index in [1.54, 1.807) is 53.0 Å². The van der Waals surface area contributed by atoms with E-state index >= 15 is 0 Å². The minimum absolute atomic E-state index is 0.213. The number of hydrogen-bond acceptors (Lipinski definition) is 4. The fraction of sp³-hybridized carbons (Fsp3) is 0.222. The first kappa shape index (κ1) is 25.9. The second kappa shape index (κ2) is 11.7. The molecule has 1 unspecified atom stereocenters. The van der Waals surface area contributed by atoms with Crippen LogP contribution in [0.15, 0.2) is 82.1 Å². The van der Waals surface area contributed by atoms with Gasteiger partial charge in [-0.05, 0) is 61.0 Å². The highest BCUT2D eigenvalue weighted by Crippen LogP contribution is 2.27. The van der Waals surface area contributed by atoms with Crippen LogP contribution >= 0.6 is 27.5 Å². The molecule has 0 spiro atoms. The van der Waals surface area contributed by atoms with Crippen molar-refractivity contribution < 1.29 is 9.53 Å². The van der Waals surface area contributed by atoms with Crippen LogP contribution in [0.2, 0.25) is 5.02 Å². The lowest BCUT2D eigenvalue weighted by molar-refractivity contribution is 0.131. The SMILES string of the molecule is CCC(c1nc2ccccc2c(=O)n1-c1ccc(Cl)cc1)N(CCOC)C(=O)Nc1cccc(Br)c1. The van der Waals surface area contributed by atoms with Crippen molar-refractivity contribution in [1.82, 2.24) is 14.5 Å². The van der Waals surface area contributed by atoms with E-state index in [-0.39, 0.29) is 11.6 Å². The predicted molar refractivity (Wildman–Crippen MR) is 147 cm³/mol. The fourth-order valence-electron chi connectivity index (χ4n) is 4.11. The van der Waals surface area contributed by atoms with E-state index < -0.39 is 6.04 Å². The number of aromatic nitrogens is 2. The van der Waals surface area contributed by atoms with Gasteiger partial charge in [0.05, 0.1) is 29.2 Å². The Balaban J connectivity index is 1.86. The van der Waals surface area contributed by atoms with Gasteiger partial charge in [0.25, 0.3) is 5.56 Å². The topological polar surface area (TPSA) is 76.5 Å². The number of fused-ring (bicyclic) bond motifs is 1. The summed E-state index contributed by atoms with van der Waals surface area (Å²) in [6.45, 7) is 2.59. The number of methoxy groups -OCH3 is 1. The molecule has 0 aliphatic heterocycles. The summed E-state index contributed by atoms with van der Waals surface area (Å²) in [6.07, 6.45) is 0.522. The highest BCUT2D eigenvalue weighted by atomic mass is 79.9. The molecule has 0 bridgehead atoms. The van der Waals surface area contributed by atoms with Gasteiger partial charge < -0.3 is 15.0 Å². The zero-order valence-electron chi connectivity index (χ0n) is 19.9. The number of carbonyl (C=O) groups excluding carboxylic acids is 1. The minimum atomic E-state index is -0.514. The number of nitrogens with one attached hydrogen (secondary N) is 1. The number of carbonyl (C=O) groups is 1. The van der Waals surface area contributed by atoms with E-state index in [1.807, 2.05) is 43.3 Å². The standard InChI is InChI=1S/C27H26BrClN4O3/c1-3-24(32(15-16-36-2)27(35)30-20-8-6-7-18(28)17-20)25-31-23-10-5-4-9-22(23)26(34)33(25)21-13-11-19(29)12-14-21/h4-14,17,24H,3,15-16H2,1-2H3,(H,30,35). The lowest BCUT2D eigenvalue weighted by atomic mass is 10.1. The van der Waals surface area contributed by atoms with Crippen molar-refractivity contribution in [3.05, 3.63) is 98.5 Å². The van der Waals surface area contributed by atoms with E-state index in [2.05, 4.69) is 21.2 Å². The van der Waals surface area contributed by atoms with Crippen LogP contribution in [0, 0.1) is 0 Å². The summed E-state index contributed by atoms with van der Waals surface area (Å²) in [5, 5.41) is 4.02. The smallest absolute Gasteiger partial charge is 0.322 e. The molecule has 0 aliphatic rings. The van der Waals surface area contributed by atoms with Gasteiger partial charge in [0.1, 0.15) is 5.82 Å². The summed E-state index contributed by atoms with van der Waals surface area (Å²) < 4.78 is 7.73. The largest absolute Gasteiger partial charge is 0.383 e. The number of amides is 2. The number of para-hydroxylation sites is 1. The van der Waals surface area contributed by atoms with Crippen molar-refractivity contribution in [1.29, 1.82) is 0 Å². The van der Waals surface area contributed by atoms with Crippen LogP contribution in [-0.2, 0) is 4.74 Å². The lowest BCUT2D eigenvalue weighted by Crippen LogP contribution is -2.42. The van der Waals surface area contributed by atoms with Gasteiger partial charge in [0.15, 0.2) is 0 Å². The first-order valence-corrected chi connectivity index (χ1v) is 12.7. The summed E-state index contributed by atoms with van der Waals surface area (Å²) in [5.74, 6) is 0.462. The summed E-state index contributed by atoms with van der Waals surface area (Å²) >= 11 is 9.56. The maximum Gasteiger partial charge on any atom is 0.322 e. The molecule has 4 rings (SSSR count). The Labute approximate surface area is 222 Å². The van der Waals surface area contributed by atoms with Crippen LogP contribution in [0.25, 0.3) is 16.6 Å². The number of nitrogens with zero attached hydrogens (tertiary/aromatic N) is 3. The fourth-order valence-corrected chi connectivity index (χ4v) is 4.63. The molecule has 186 valence electrons. The number of ether oxygens (including phenoxy) is 1. The van der Waals surface area contributed by atoms with Gasteiger partial charge in [-0.2, -0.15) is 0 Å². The molecule has 3 aromatic carbocycles. The van der Waals surface area contributed by atoms with Gasteiger partial charge >= 0.3 is 6.03 Å². The van der Waals surface area contributed by atoms with E-state index in [9.17, 15) is 9.59 Å². The first-order valence-electron chi connectivity index (χ1n) is 11.5. The molecular formula is C27H26BrClN4O3. The van der Waals surface area contributed by atoms with Crippen molar-refractivity contribution in [3.63, 3.8) is 0 Å². The molecule has 9 heteroatoms. The molecule has 1 heterocycles. The Morgan fingerprint density at radius 3 is 2.58 bits per heavy atom. The maximum absolute atomic E-state index is 13.7. The van der Waals surface area contributed by atoms with Crippen molar-refractivity contribution in [2.24, 2.45) is 0 Å². The summed E-state index contributed by atoms with van der Waals surface area (Å²) in [4.78, 5) is 33.8. The zero-order valence-corrected chi connectivity index (χ0v) is 22.3. The number of hydrogen-bond donors (Lipinski definition) is 1. The summed E-state index contributed by atoms with van der Waals surface area (Å²) in [5.41, 5.74) is 1.62. The van der Waals surface area contributed by atoms with E-state index in [4.69, 9.17) is 21.3 Å². The van der Waals surface area contributed by atoms with Crippen LogP contribution in [0.3, 0.4) is 0 Å². The van der Waals surface area contributed by atoms with E-state index in [0.717, 1.165) is 4.47 Å². The Kier molecular flexibility index (Phi) is 8.40. The average Bonchev–Trinajstić information content (AvgIpc) is 2.87. The molecule has 0 saturated carbocycles. The Bertz CT molecular complexity index is 1420. The summed E-state index contributed by atoms with van der Waals surface area (Å²) in [7, 11) is 1.59. The predicted octanol–water partition coefficient (Wildman–Crippen LogP) is 6.43. The van der Waals surface area contributed by atoms with E-state index in [0.29, 0.717) is 52.7 Å². The Morgan fingerprint density at radius 2 is 1.89 bits per heavy atom. The van der Waals surface area contributed by atoms with Gasteiger partial charge in [-0.25, -0.2) is 9.78 Å². The molecule has 0 radical (unpaired) electrons. The molecule has 0 aliphatic carbocycles. The van der Waals surface area contributed by atoms with Crippen molar-refractivity contribution >= 4 is 50.2 Å². The van der Waals surface area contributed by atoms with Gasteiger partial charge in [-0.3, -0.25) is 9.36 Å². The van der Waals surface area contributed by atoms with Crippen LogP contribution in [-0.4, -0.2) is 40.7 Å². The Morgan fingerprint density at radius 1 is 1.14 bits per heavy atom. The van der Waals surface area contributed by atoms with Crippen LogP contribution in [0.1, 0.15) is 25.2 Å². The maximum atomic E-state index is 13.7. The molecule has 1 atom stereocenters. The minimum Gasteiger partial charge on any atom is -0.383 e. The van der Waals surface area contributed by atoms with Crippen molar-refractivity contribution in [2.45, 2.75) is 19.4 Å². The highest BCUT2D eigenvalue weighted by Gasteiger charge is 2.29. The molecule has 2 amide bonds. The molecule has 7 nitrogen and oxygen atoms in total. The third kappa shape index (κ3) is 5.61. The molecule has 0 fully saturated rings. The normalized spacial score (nSPS) is 11.9. The molecule has 4 aromatic rings. The third-order valence-electron chi connectivity index (χ3n) is 5.82. The summed E-state index contributed by atoms with van der Waals surface area (Å²) in [6, 6.07) is 20.8. The highest BCUT2D eigenvalue weighted by molar-refractivity contribution is 9.10. The number of anilines is 1. The quantitative estimate of drug-likeness (QED) is 0.265. The molecule has 1 aromatic heterocycles. The van der Waals surface area contributed by atoms with Gasteiger partial charge in [-0.15, -0.1) is 0 Å². The van der Waals surface area contributed by atoms with Gasteiger partial charge in [-0.1, -0.05) is 52.7 Å². The first-order chi connectivity index (χ1) is 17.4. The molecule has 1 N–H and O–H groups in total. The van der Waals surface area contributed by atoms with Crippen molar-refractivity contribution in [2.75, 3.05) is 25.6 Å². The molecular weight excluding hydrogens is 544 g/mol. The second-order valence-electron chi connectivity index (χ2n) is 8.15. The number of halogens is 2. The van der Waals surface area contributed by atoms with Crippen LogP contribution in [0.5, 0.6) is 0 Å². The number of urea groups is 1. The van der Waals surface area contributed by atoms with Crippen molar-refractivity contribution in [3.8, 4) is 5.69 Å². The third-order valence-corrected chi connectivity index (χ3v) is 6.57. The van der Waals surface area contributed by atoms with Gasteiger partial charge in [0.2, 0.25) is 0 Å². The number of benzene rings is 3. The zero-order chi connectivity index (χ0) is 25.7. The van der Waals surface area contributed by atoms with E-state index in [1.165, 1.54) is 0 Å². The number of rotatable bonds is 8. The second-order valence-corrected chi connectivity index (χ2v) is 9.51. The molecule has 0 saturated heterocycles. The van der Waals surface area contributed by atoms with Crippen LogP contribution < -0.4 is 10.9 Å². The van der Waals surface area contributed by atoms with Crippen LogP contribution in [0.4, 0.5) is 10.5 Å². The monoisotopic (exact) mass is 568 g/mol. The lowest BCUT2D eigenvalue weighted by Gasteiger charge is -2.32. The molecule has 36 heavy (non-hydrogen) atoms. The average molecular weight is 570 g/mol.